The van der Waals surface area contributed by atoms with Gasteiger partial charge >= 0.3 is 6.36 Å². The number of nitrogens with one attached hydrogen (secondary N) is 1. The third-order valence-electron chi connectivity index (χ3n) is 2.47. The van der Waals surface area contributed by atoms with Crippen LogP contribution >= 0.6 is 24.0 Å². The molecule has 1 aromatic rings. The number of nitrogens with zero attached hydrogens (tertiary/aromatic N) is 2. The van der Waals surface area contributed by atoms with E-state index in [1.807, 2.05) is 0 Å². The summed E-state index contributed by atoms with van der Waals surface area (Å²) in [6, 6.07) is 5.04. The first kappa shape index (κ1) is 21.3. The van der Waals surface area contributed by atoms with Gasteiger partial charge in [-0.1, -0.05) is 0 Å². The fraction of sp³-hybridized carbons (Fsp3) is 0.385. The van der Waals surface area contributed by atoms with Crippen molar-refractivity contribution >= 4 is 41.5 Å². The molecule has 0 atom stereocenters. The van der Waals surface area contributed by atoms with Gasteiger partial charge in [-0.3, -0.25) is 9.79 Å². The largest absolute Gasteiger partial charge is 0.573 e. The number of benzene rings is 1. The van der Waals surface area contributed by atoms with Crippen LogP contribution in [0.1, 0.15) is 6.42 Å². The van der Waals surface area contributed by atoms with Crippen molar-refractivity contribution in [3.63, 3.8) is 0 Å². The molecule has 1 rings (SSSR count). The number of carbonyl (C=O) groups is 1. The monoisotopic (exact) mass is 446 g/mol. The molecule has 130 valence electrons. The number of nitrogens with two attached hydrogens (primary N) is 1. The SMILES string of the molecule is CN(C)C(=O)CCN=C(N)Nc1ccc(OC(F)(F)F)cc1.I. The van der Waals surface area contributed by atoms with Gasteiger partial charge in [-0.05, 0) is 24.3 Å². The lowest BCUT2D eigenvalue weighted by Gasteiger charge is -2.10. The van der Waals surface area contributed by atoms with Gasteiger partial charge in [0.25, 0.3) is 0 Å². The molecule has 0 aliphatic rings. The summed E-state index contributed by atoms with van der Waals surface area (Å²) in [5.41, 5.74) is 6.06. The van der Waals surface area contributed by atoms with Gasteiger partial charge in [0.05, 0.1) is 6.54 Å². The molecule has 6 nitrogen and oxygen atoms in total. The quantitative estimate of drug-likeness (QED) is 0.414. The zero-order valence-electron chi connectivity index (χ0n) is 12.6. The summed E-state index contributed by atoms with van der Waals surface area (Å²) in [6.07, 6.45) is -4.51. The Morgan fingerprint density at radius 1 is 1.30 bits per heavy atom. The molecule has 23 heavy (non-hydrogen) atoms. The number of aliphatic imine (C=N–C) groups is 1. The summed E-state index contributed by atoms with van der Waals surface area (Å²) >= 11 is 0. The van der Waals surface area contributed by atoms with Crippen LogP contribution in [-0.2, 0) is 4.79 Å². The molecule has 0 saturated heterocycles. The summed E-state index contributed by atoms with van der Waals surface area (Å²) in [5.74, 6) is -0.341. The normalized spacial score (nSPS) is 11.4. The van der Waals surface area contributed by atoms with Crippen LogP contribution in [0.25, 0.3) is 0 Å². The number of alkyl halides is 3. The molecule has 0 aliphatic carbocycles. The molecular weight excluding hydrogens is 428 g/mol. The van der Waals surface area contributed by atoms with Crippen LogP contribution in [0.4, 0.5) is 18.9 Å². The Bertz CT molecular complexity index is 533. The maximum Gasteiger partial charge on any atom is 0.573 e. The van der Waals surface area contributed by atoms with Crippen molar-refractivity contribution in [3.8, 4) is 5.75 Å². The minimum Gasteiger partial charge on any atom is -0.406 e. The Morgan fingerprint density at radius 2 is 1.87 bits per heavy atom. The fourth-order valence-electron chi connectivity index (χ4n) is 1.42. The van der Waals surface area contributed by atoms with Gasteiger partial charge in [-0.25, -0.2) is 0 Å². The third-order valence-corrected chi connectivity index (χ3v) is 2.47. The molecule has 1 amide bonds. The van der Waals surface area contributed by atoms with Crippen LogP contribution in [-0.4, -0.2) is 43.8 Å². The molecule has 0 unspecified atom stereocenters. The van der Waals surface area contributed by atoms with Gasteiger partial charge in [0.15, 0.2) is 5.96 Å². The zero-order valence-corrected chi connectivity index (χ0v) is 14.9. The van der Waals surface area contributed by atoms with Crippen molar-refractivity contribution in [2.45, 2.75) is 12.8 Å². The first-order valence-electron chi connectivity index (χ1n) is 6.30. The van der Waals surface area contributed by atoms with Crippen molar-refractivity contribution < 1.29 is 22.7 Å². The summed E-state index contributed by atoms with van der Waals surface area (Å²) < 4.78 is 39.8. The van der Waals surface area contributed by atoms with Crippen molar-refractivity contribution in [1.29, 1.82) is 0 Å². The Kier molecular flexibility index (Phi) is 8.72. The standard InChI is InChI=1S/C13H17F3N4O2.HI/c1-20(2)11(21)7-8-18-12(17)19-9-3-5-10(6-4-9)22-13(14,15)16;/h3-6H,7-8H2,1-2H3,(H3,17,18,19);1H. The zero-order chi connectivity index (χ0) is 16.8. The number of anilines is 1. The van der Waals surface area contributed by atoms with Crippen LogP contribution in [0.2, 0.25) is 0 Å². The second-order valence-corrected chi connectivity index (χ2v) is 4.50. The first-order chi connectivity index (χ1) is 10.2. The van der Waals surface area contributed by atoms with Crippen LogP contribution in [0.5, 0.6) is 5.75 Å². The van der Waals surface area contributed by atoms with E-state index >= 15 is 0 Å². The number of hydrogen-bond acceptors (Lipinski definition) is 3. The van der Waals surface area contributed by atoms with Crippen molar-refractivity contribution in [2.24, 2.45) is 10.7 Å². The van der Waals surface area contributed by atoms with Gasteiger partial charge in [0, 0.05) is 26.2 Å². The Labute approximate surface area is 148 Å². The number of hydrogen-bond donors (Lipinski definition) is 2. The third kappa shape index (κ3) is 9.11. The van der Waals surface area contributed by atoms with Crippen molar-refractivity contribution in [1.82, 2.24) is 4.90 Å². The fourth-order valence-corrected chi connectivity index (χ4v) is 1.42. The number of guanidine groups is 1. The predicted molar refractivity (Wildman–Crippen MR) is 92.0 cm³/mol. The number of ether oxygens (including phenoxy) is 1. The van der Waals surface area contributed by atoms with Crippen molar-refractivity contribution in [2.75, 3.05) is 26.0 Å². The summed E-state index contributed by atoms with van der Waals surface area (Å²) in [5, 5.41) is 2.70. The summed E-state index contributed by atoms with van der Waals surface area (Å²) in [4.78, 5) is 16.7. The molecule has 0 aromatic heterocycles. The summed E-state index contributed by atoms with van der Waals surface area (Å²) in [6.45, 7) is 0.213. The molecule has 0 fully saturated rings. The van der Waals surface area contributed by atoms with Gasteiger partial charge in [-0.15, -0.1) is 37.1 Å². The van der Waals surface area contributed by atoms with E-state index in [4.69, 9.17) is 5.73 Å². The number of amides is 1. The van der Waals surface area contributed by atoms with E-state index in [9.17, 15) is 18.0 Å². The molecule has 10 heteroatoms. The molecule has 3 N–H and O–H groups in total. The van der Waals surface area contributed by atoms with E-state index in [1.165, 1.54) is 17.0 Å². The van der Waals surface area contributed by atoms with Gasteiger partial charge in [-0.2, -0.15) is 0 Å². The Balaban J connectivity index is 0.00000484. The lowest BCUT2D eigenvalue weighted by Crippen LogP contribution is -2.25. The summed E-state index contributed by atoms with van der Waals surface area (Å²) in [7, 11) is 3.27. The number of carbonyl (C=O) groups excluding carboxylic acids is 1. The van der Waals surface area contributed by atoms with Crippen LogP contribution in [0.3, 0.4) is 0 Å². The van der Waals surface area contributed by atoms with Gasteiger partial charge < -0.3 is 20.7 Å². The average Bonchev–Trinajstić information content (AvgIpc) is 2.39. The van der Waals surface area contributed by atoms with Crippen molar-refractivity contribution in [3.05, 3.63) is 24.3 Å². The Morgan fingerprint density at radius 3 is 2.35 bits per heavy atom. The van der Waals surface area contributed by atoms with E-state index < -0.39 is 6.36 Å². The van der Waals surface area contributed by atoms with E-state index in [-0.39, 0.29) is 54.6 Å². The van der Waals surface area contributed by atoms with Gasteiger partial charge in [0.2, 0.25) is 5.91 Å². The van der Waals surface area contributed by atoms with E-state index in [0.29, 0.717) is 5.69 Å². The molecule has 0 spiro atoms. The Hall–Kier alpha value is -1.72. The van der Waals surface area contributed by atoms with Crippen LogP contribution < -0.4 is 15.8 Å². The smallest absolute Gasteiger partial charge is 0.406 e. The van der Waals surface area contributed by atoms with Crippen LogP contribution in [0.15, 0.2) is 29.3 Å². The molecule has 0 bridgehead atoms. The topological polar surface area (TPSA) is 80.0 Å². The lowest BCUT2D eigenvalue weighted by molar-refractivity contribution is -0.274. The highest BCUT2D eigenvalue weighted by Crippen LogP contribution is 2.23. The molecule has 1 aromatic carbocycles. The van der Waals surface area contributed by atoms with E-state index in [2.05, 4.69) is 15.0 Å². The molecular formula is C13H18F3IN4O2. The maximum atomic E-state index is 12.0. The lowest BCUT2D eigenvalue weighted by atomic mass is 10.3. The minimum absolute atomic E-state index is 0. The number of halogens is 4. The first-order valence-corrected chi connectivity index (χ1v) is 6.30. The molecule has 0 saturated carbocycles. The molecule has 0 radical (unpaired) electrons. The predicted octanol–water partition coefficient (Wildman–Crippen LogP) is 2.41. The highest BCUT2D eigenvalue weighted by atomic mass is 127. The molecule has 0 aliphatic heterocycles. The van der Waals surface area contributed by atoms with Gasteiger partial charge in [0.1, 0.15) is 5.75 Å². The van der Waals surface area contributed by atoms with E-state index in [0.717, 1.165) is 12.1 Å². The second-order valence-electron chi connectivity index (χ2n) is 4.50. The van der Waals surface area contributed by atoms with Crippen LogP contribution in [0, 0.1) is 0 Å². The highest BCUT2D eigenvalue weighted by molar-refractivity contribution is 14.0. The maximum absolute atomic E-state index is 12.0. The minimum atomic E-state index is -4.73. The highest BCUT2D eigenvalue weighted by Gasteiger charge is 2.30. The second kappa shape index (κ2) is 9.43. The molecule has 0 heterocycles. The average molecular weight is 446 g/mol. The number of rotatable bonds is 5. The van der Waals surface area contributed by atoms with E-state index in [1.54, 1.807) is 14.1 Å².